The molecule has 8 heteroatoms. The van der Waals surface area contributed by atoms with E-state index < -0.39 is 34.1 Å². The van der Waals surface area contributed by atoms with Crippen molar-refractivity contribution >= 4 is 17.6 Å². The van der Waals surface area contributed by atoms with E-state index in [1.807, 2.05) is 0 Å². The fraction of sp³-hybridized carbons (Fsp3) is 0.533. The van der Waals surface area contributed by atoms with Gasteiger partial charge in [0.05, 0.1) is 11.5 Å². The third-order valence-corrected chi connectivity index (χ3v) is 2.68. The maximum absolute atomic E-state index is 12.4. The molecule has 0 amide bonds. The van der Waals surface area contributed by atoms with Gasteiger partial charge in [-0.25, -0.2) is 4.98 Å². The Morgan fingerprint density at radius 2 is 1.91 bits per heavy atom. The van der Waals surface area contributed by atoms with Crippen molar-refractivity contribution in [2.45, 2.75) is 46.1 Å². The lowest BCUT2D eigenvalue weighted by molar-refractivity contribution is -0.386. The molecule has 1 aromatic rings. The molecule has 0 bridgehead atoms. The van der Waals surface area contributed by atoms with Crippen LogP contribution in [0, 0.1) is 17.0 Å². The normalized spacial score (nSPS) is 12.4. The minimum absolute atomic E-state index is 0.0255. The van der Waals surface area contributed by atoms with Crippen LogP contribution in [0.2, 0.25) is 0 Å². The first-order valence-corrected chi connectivity index (χ1v) is 7.08. The lowest BCUT2D eigenvalue weighted by Gasteiger charge is -2.23. The standard InChI is InChI=1S/C15H20N2O6/c1-6-22-13(18)11(14(19)23-15(3,4)5)12-10(17(20)21)8-7-9(2)16-12/h7-8,11H,6H2,1-5H3. The van der Waals surface area contributed by atoms with Crippen LogP contribution in [0.1, 0.15) is 45.0 Å². The Kier molecular flexibility index (Phi) is 5.78. The number of hydrogen-bond acceptors (Lipinski definition) is 7. The second-order valence-electron chi connectivity index (χ2n) is 5.83. The molecule has 1 heterocycles. The molecule has 0 N–H and O–H groups in total. The number of carbonyl (C=O) groups is 2. The smallest absolute Gasteiger partial charge is 0.327 e. The SMILES string of the molecule is CCOC(=O)C(C(=O)OC(C)(C)C)c1nc(C)ccc1[N+](=O)[O-]. The van der Waals surface area contributed by atoms with Crippen molar-refractivity contribution in [3.63, 3.8) is 0 Å². The molecule has 0 radical (unpaired) electrons. The first-order valence-electron chi connectivity index (χ1n) is 7.08. The summed E-state index contributed by atoms with van der Waals surface area (Å²) >= 11 is 0. The molecule has 0 fully saturated rings. The van der Waals surface area contributed by atoms with E-state index in [1.165, 1.54) is 12.1 Å². The Morgan fingerprint density at radius 3 is 2.39 bits per heavy atom. The summed E-state index contributed by atoms with van der Waals surface area (Å²) < 4.78 is 10.1. The second-order valence-corrected chi connectivity index (χ2v) is 5.83. The second kappa shape index (κ2) is 7.17. The van der Waals surface area contributed by atoms with Crippen molar-refractivity contribution in [1.29, 1.82) is 0 Å². The van der Waals surface area contributed by atoms with Crippen LogP contribution in [0.25, 0.3) is 0 Å². The van der Waals surface area contributed by atoms with Gasteiger partial charge >= 0.3 is 11.9 Å². The van der Waals surface area contributed by atoms with Crippen LogP contribution in [-0.4, -0.2) is 34.1 Å². The van der Waals surface area contributed by atoms with Crippen molar-refractivity contribution < 1.29 is 24.0 Å². The highest BCUT2D eigenvalue weighted by Gasteiger charge is 2.40. The molecule has 1 aromatic heterocycles. The molecule has 1 atom stereocenters. The van der Waals surface area contributed by atoms with Crippen LogP contribution < -0.4 is 0 Å². The number of ether oxygens (including phenoxy) is 2. The maximum atomic E-state index is 12.4. The van der Waals surface area contributed by atoms with Gasteiger partial charge in [-0.15, -0.1) is 0 Å². The molecule has 0 saturated carbocycles. The van der Waals surface area contributed by atoms with Crippen molar-refractivity contribution in [2.75, 3.05) is 6.61 Å². The van der Waals surface area contributed by atoms with Gasteiger partial charge in [-0.3, -0.25) is 19.7 Å². The quantitative estimate of drug-likeness (QED) is 0.354. The van der Waals surface area contributed by atoms with Crippen LogP contribution >= 0.6 is 0 Å². The predicted molar refractivity (Wildman–Crippen MR) is 80.8 cm³/mol. The average molecular weight is 324 g/mol. The van der Waals surface area contributed by atoms with Crippen molar-refractivity contribution in [1.82, 2.24) is 4.98 Å². The Morgan fingerprint density at radius 1 is 1.30 bits per heavy atom. The van der Waals surface area contributed by atoms with E-state index >= 15 is 0 Å². The summed E-state index contributed by atoms with van der Waals surface area (Å²) in [5.74, 6) is -3.46. The molecule has 126 valence electrons. The summed E-state index contributed by atoms with van der Waals surface area (Å²) in [5.41, 5.74) is -1.13. The van der Waals surface area contributed by atoms with Gasteiger partial charge in [-0.2, -0.15) is 0 Å². The number of pyridine rings is 1. The number of nitrogens with zero attached hydrogens (tertiary/aromatic N) is 2. The molecular formula is C15H20N2O6. The molecule has 8 nitrogen and oxygen atoms in total. The fourth-order valence-electron chi connectivity index (χ4n) is 1.84. The van der Waals surface area contributed by atoms with Gasteiger partial charge in [0.25, 0.3) is 5.69 Å². The predicted octanol–water partition coefficient (Wildman–Crippen LogP) is 2.29. The van der Waals surface area contributed by atoms with Crippen molar-refractivity contribution in [3.8, 4) is 0 Å². The van der Waals surface area contributed by atoms with E-state index in [2.05, 4.69) is 4.98 Å². The summed E-state index contributed by atoms with van der Waals surface area (Å²) in [6.07, 6.45) is 0. The monoisotopic (exact) mass is 324 g/mol. The Hall–Kier alpha value is -2.51. The lowest BCUT2D eigenvalue weighted by atomic mass is 10.0. The highest BCUT2D eigenvalue weighted by molar-refractivity contribution is 6.01. The van der Waals surface area contributed by atoms with E-state index in [0.717, 1.165) is 0 Å². The minimum atomic E-state index is -1.60. The minimum Gasteiger partial charge on any atom is -0.465 e. The highest BCUT2D eigenvalue weighted by Crippen LogP contribution is 2.28. The number of aromatic nitrogens is 1. The van der Waals surface area contributed by atoms with Crippen LogP contribution in [0.5, 0.6) is 0 Å². The Labute approximate surface area is 134 Å². The van der Waals surface area contributed by atoms with E-state index in [4.69, 9.17) is 9.47 Å². The molecule has 1 rings (SSSR count). The van der Waals surface area contributed by atoms with Gasteiger partial charge in [0, 0.05) is 11.8 Å². The third-order valence-electron chi connectivity index (χ3n) is 2.68. The molecule has 0 aliphatic carbocycles. The zero-order valence-corrected chi connectivity index (χ0v) is 13.8. The first-order chi connectivity index (χ1) is 10.6. The molecular weight excluding hydrogens is 304 g/mol. The molecule has 1 unspecified atom stereocenters. The third kappa shape index (κ3) is 5.01. The molecule has 0 aliphatic heterocycles. The fourth-order valence-corrected chi connectivity index (χ4v) is 1.84. The highest BCUT2D eigenvalue weighted by atomic mass is 16.6. The summed E-state index contributed by atoms with van der Waals surface area (Å²) in [6, 6.07) is 2.63. The van der Waals surface area contributed by atoms with Crippen LogP contribution in [0.3, 0.4) is 0 Å². The summed E-state index contributed by atoms with van der Waals surface area (Å²) in [5, 5.41) is 11.2. The van der Waals surface area contributed by atoms with Gasteiger partial charge < -0.3 is 9.47 Å². The number of nitro groups is 1. The molecule has 0 aliphatic rings. The van der Waals surface area contributed by atoms with E-state index in [9.17, 15) is 19.7 Å². The van der Waals surface area contributed by atoms with E-state index in [-0.39, 0.29) is 12.3 Å². The topological polar surface area (TPSA) is 109 Å². The zero-order chi connectivity index (χ0) is 17.8. The number of aryl methyl sites for hydroxylation is 1. The van der Waals surface area contributed by atoms with Gasteiger partial charge in [-0.1, -0.05) is 0 Å². The summed E-state index contributed by atoms with van der Waals surface area (Å²) in [4.78, 5) is 39.0. The largest absolute Gasteiger partial charge is 0.465 e. The van der Waals surface area contributed by atoms with Crippen LogP contribution in [0.4, 0.5) is 5.69 Å². The summed E-state index contributed by atoms with van der Waals surface area (Å²) in [6.45, 7) is 8.09. The van der Waals surface area contributed by atoms with Crippen LogP contribution in [0.15, 0.2) is 12.1 Å². The van der Waals surface area contributed by atoms with Gasteiger partial charge in [0.1, 0.15) is 11.3 Å². The number of esters is 2. The first kappa shape index (κ1) is 18.5. The maximum Gasteiger partial charge on any atom is 0.327 e. The summed E-state index contributed by atoms with van der Waals surface area (Å²) in [7, 11) is 0. The van der Waals surface area contributed by atoms with E-state index in [1.54, 1.807) is 34.6 Å². The number of rotatable bonds is 5. The molecule has 23 heavy (non-hydrogen) atoms. The van der Waals surface area contributed by atoms with Gasteiger partial charge in [0.15, 0.2) is 0 Å². The van der Waals surface area contributed by atoms with Crippen molar-refractivity contribution in [2.24, 2.45) is 0 Å². The number of carbonyl (C=O) groups excluding carboxylic acids is 2. The average Bonchev–Trinajstić information content (AvgIpc) is 2.36. The van der Waals surface area contributed by atoms with Crippen LogP contribution in [-0.2, 0) is 19.1 Å². The molecule has 0 saturated heterocycles. The molecule has 0 aromatic carbocycles. The Balaban J connectivity index is 3.40. The van der Waals surface area contributed by atoms with Gasteiger partial charge in [0.2, 0.25) is 5.92 Å². The van der Waals surface area contributed by atoms with Crippen molar-refractivity contribution in [3.05, 3.63) is 33.6 Å². The van der Waals surface area contributed by atoms with Gasteiger partial charge in [-0.05, 0) is 40.7 Å². The van der Waals surface area contributed by atoms with E-state index in [0.29, 0.717) is 5.69 Å². The zero-order valence-electron chi connectivity index (χ0n) is 13.8. The Bertz CT molecular complexity index is 621. The molecule has 0 spiro atoms. The lowest BCUT2D eigenvalue weighted by Crippen LogP contribution is -2.33. The number of hydrogen-bond donors (Lipinski definition) is 0.